The van der Waals surface area contributed by atoms with Gasteiger partial charge in [0.2, 0.25) is 0 Å². The molecule has 69 heavy (non-hydrogen) atoms. The van der Waals surface area contributed by atoms with Gasteiger partial charge < -0.3 is 22.9 Å². The van der Waals surface area contributed by atoms with Gasteiger partial charge in [-0.1, -0.05) is 133 Å². The van der Waals surface area contributed by atoms with E-state index in [-0.39, 0.29) is 26.6 Å². The largest absolute Gasteiger partial charge is 0.510 e. The van der Waals surface area contributed by atoms with Gasteiger partial charge in [0.25, 0.3) is 6.33 Å². The van der Waals surface area contributed by atoms with Gasteiger partial charge in [-0.15, -0.1) is 29.7 Å². The molecule has 0 saturated heterocycles. The molecule has 0 atom stereocenters. The summed E-state index contributed by atoms with van der Waals surface area (Å²) in [6.45, 7) is -2.51. The van der Waals surface area contributed by atoms with Crippen LogP contribution in [-0.4, -0.2) is 18.7 Å². The zero-order valence-corrected chi connectivity index (χ0v) is 38.8. The Morgan fingerprint density at radius 3 is 2.12 bits per heavy atom. The number of aromatic nitrogens is 5. The van der Waals surface area contributed by atoms with Crippen molar-refractivity contribution < 1.29 is 38.9 Å². The Morgan fingerprint density at radius 2 is 1.26 bits per heavy atom. The van der Waals surface area contributed by atoms with Crippen molar-refractivity contribution in [3.63, 3.8) is 0 Å². The molecule has 0 aliphatic carbocycles. The maximum Gasteiger partial charge on any atom is 0.268 e. The van der Waals surface area contributed by atoms with Crippen molar-refractivity contribution in [1.82, 2.24) is 18.7 Å². The van der Waals surface area contributed by atoms with Crippen LogP contribution in [0.1, 0.15) is 9.68 Å². The van der Waals surface area contributed by atoms with E-state index < -0.39 is 6.85 Å². The van der Waals surface area contributed by atoms with Crippen LogP contribution in [-0.2, 0) is 21.1 Å². The van der Waals surface area contributed by atoms with E-state index in [4.69, 9.17) is 18.3 Å². The first-order chi connectivity index (χ1) is 34.8. The van der Waals surface area contributed by atoms with Crippen molar-refractivity contribution in [2.75, 3.05) is 0 Å². The third-order valence-electron chi connectivity index (χ3n) is 13.1. The van der Waals surface area contributed by atoms with Crippen LogP contribution in [0.25, 0.3) is 111 Å². The number of rotatable bonds is 7. The molecule has 5 aromatic heterocycles. The van der Waals surface area contributed by atoms with Gasteiger partial charge in [0.05, 0.1) is 39.6 Å². The molecule has 9 aromatic carbocycles. The molecule has 7 nitrogen and oxygen atoms in total. The van der Waals surface area contributed by atoms with Crippen LogP contribution in [0.2, 0.25) is 0 Å². The first-order valence-electron chi connectivity index (χ1n) is 24.0. The first kappa shape index (κ1) is 37.6. The van der Waals surface area contributed by atoms with Crippen LogP contribution < -0.4 is 9.30 Å². The Balaban J connectivity index is 0.00000504. The van der Waals surface area contributed by atoms with Gasteiger partial charge >= 0.3 is 0 Å². The van der Waals surface area contributed by atoms with Gasteiger partial charge in [-0.05, 0) is 71.5 Å². The fourth-order valence-corrected chi connectivity index (χ4v) is 10.1. The molecular formula is C61H37N5O2Pt-2. The van der Waals surface area contributed by atoms with E-state index in [1.54, 1.807) is 12.3 Å². The second kappa shape index (κ2) is 16.1. The summed E-state index contributed by atoms with van der Waals surface area (Å²) in [6.07, 6.45) is 5.30. The van der Waals surface area contributed by atoms with E-state index in [1.807, 2.05) is 137 Å². The third kappa shape index (κ3) is 6.46. The fraction of sp³-hybridized carbons (Fsp3) is 0.0164. The molecule has 0 radical (unpaired) electrons. The van der Waals surface area contributed by atoms with Crippen molar-refractivity contribution >= 4 is 76.6 Å². The average molecular weight is 1070 g/mol. The number of pyridine rings is 1. The SMILES string of the molecule is [2H]C([2H])([2H])c1cc(-n2c3[c-]c(Oc4[c-]c(-n5[c-][n+](-c6ccc7oc8ccccc8c7c6)c6ccccc65)ccc4)ccc3c3ccccc32)ncc1-n1c2ccccc2c2cccc(-c3ccccc3)c21.[Pt]. The molecule has 8 heteroatoms. The second-order valence-corrected chi connectivity index (χ2v) is 17.0. The standard InChI is InChI=1S/C61H37N5O2.Pt/c1-39-33-60(62-37-57(39)66-53-25-9-6-20-47(53)50-23-14-22-45(61(50)66)40-15-3-2-4-16-40)65-52-24-8-5-19-46(52)48-31-30-44(36-56(48)65)67-43-18-13-17-41(34-43)63-38-64(55-27-11-10-26-54(55)63)42-29-32-59-51(35-42)49-21-7-12-28-58(49)68-59;/h2-33,35,37H,1H3;/q-2;/i1D3;. The normalized spacial score (nSPS) is 12.6. The molecular weight excluding hydrogens is 1030 g/mol. The van der Waals surface area contributed by atoms with Crippen LogP contribution >= 0.6 is 0 Å². The van der Waals surface area contributed by atoms with Gasteiger partial charge in [0, 0.05) is 69.3 Å². The molecule has 0 bridgehead atoms. The van der Waals surface area contributed by atoms with Gasteiger partial charge in [-0.25, -0.2) is 4.98 Å². The zero-order valence-electron chi connectivity index (χ0n) is 39.5. The maximum absolute atomic E-state index is 9.02. The summed E-state index contributed by atoms with van der Waals surface area (Å²) in [4.78, 5) is 5.11. The Bertz CT molecular complexity index is 4450. The summed E-state index contributed by atoms with van der Waals surface area (Å²) < 4.78 is 47.9. The summed E-state index contributed by atoms with van der Waals surface area (Å²) in [6, 6.07) is 73.6. The van der Waals surface area contributed by atoms with Crippen LogP contribution in [0.15, 0.2) is 211 Å². The molecule has 5 heterocycles. The number of imidazole rings is 1. The smallest absolute Gasteiger partial charge is 0.268 e. The van der Waals surface area contributed by atoms with Crippen LogP contribution in [0.5, 0.6) is 11.5 Å². The zero-order chi connectivity index (χ0) is 47.4. The molecule has 14 rings (SSSR count). The molecule has 0 fully saturated rings. The summed E-state index contributed by atoms with van der Waals surface area (Å²) in [5, 5.41) is 6.03. The minimum atomic E-state index is -2.51. The van der Waals surface area contributed by atoms with Crippen molar-refractivity contribution in [3.8, 4) is 45.5 Å². The minimum Gasteiger partial charge on any atom is -0.510 e. The van der Waals surface area contributed by atoms with Crippen LogP contribution in [0.3, 0.4) is 0 Å². The van der Waals surface area contributed by atoms with E-state index >= 15 is 0 Å². The Kier molecular flexibility index (Phi) is 8.76. The number of fused-ring (bicyclic) bond motifs is 10. The summed E-state index contributed by atoms with van der Waals surface area (Å²) in [5.74, 6) is 1.39. The number of benzene rings is 9. The number of hydrogen-bond acceptors (Lipinski definition) is 3. The topological polar surface area (TPSA) is 53.9 Å². The third-order valence-corrected chi connectivity index (χ3v) is 13.1. The van der Waals surface area contributed by atoms with E-state index in [1.165, 1.54) is 0 Å². The monoisotopic (exact) mass is 1070 g/mol. The van der Waals surface area contributed by atoms with Crippen LogP contribution in [0, 0.1) is 25.3 Å². The van der Waals surface area contributed by atoms with Crippen molar-refractivity contribution in [1.29, 1.82) is 0 Å². The quantitative estimate of drug-likeness (QED) is 0.118. The van der Waals surface area contributed by atoms with Crippen molar-refractivity contribution in [2.45, 2.75) is 6.85 Å². The fourth-order valence-electron chi connectivity index (χ4n) is 10.1. The van der Waals surface area contributed by atoms with Gasteiger partial charge in [-0.2, -0.15) is 18.2 Å². The van der Waals surface area contributed by atoms with Gasteiger partial charge in [0.15, 0.2) is 0 Å². The summed E-state index contributed by atoms with van der Waals surface area (Å²) >= 11 is 0. The summed E-state index contributed by atoms with van der Waals surface area (Å²) in [5.41, 5.74) is 11.3. The maximum atomic E-state index is 9.02. The first-order valence-corrected chi connectivity index (χ1v) is 22.5. The van der Waals surface area contributed by atoms with E-state index in [9.17, 15) is 0 Å². The van der Waals surface area contributed by atoms with Gasteiger partial charge in [0.1, 0.15) is 17.0 Å². The van der Waals surface area contributed by atoms with Crippen molar-refractivity contribution in [2.24, 2.45) is 0 Å². The molecule has 0 aliphatic heterocycles. The van der Waals surface area contributed by atoms with Crippen molar-refractivity contribution in [3.05, 3.63) is 230 Å². The summed E-state index contributed by atoms with van der Waals surface area (Å²) in [7, 11) is 0. The molecule has 0 N–H and O–H groups in total. The minimum absolute atomic E-state index is 0. The molecule has 330 valence electrons. The van der Waals surface area contributed by atoms with Crippen LogP contribution in [0.4, 0.5) is 0 Å². The second-order valence-electron chi connectivity index (χ2n) is 17.0. The molecule has 0 spiro atoms. The predicted molar refractivity (Wildman–Crippen MR) is 272 cm³/mol. The Labute approximate surface area is 414 Å². The molecule has 14 aromatic rings. The van der Waals surface area contributed by atoms with E-state index in [0.29, 0.717) is 28.5 Å². The number of aryl methyl sites for hydroxylation is 1. The Hall–Kier alpha value is -8.51. The average Bonchev–Trinajstić information content (AvgIpc) is 4.16. The predicted octanol–water partition coefficient (Wildman–Crippen LogP) is 14.6. The van der Waals surface area contributed by atoms with E-state index in [0.717, 1.165) is 93.6 Å². The molecule has 0 aliphatic rings. The number of hydrogen-bond donors (Lipinski definition) is 0. The molecule has 0 unspecified atom stereocenters. The number of furan rings is 1. The molecule has 0 amide bonds. The Morgan fingerprint density at radius 1 is 0.565 bits per heavy atom. The number of ether oxygens (including phenoxy) is 1. The molecule has 0 saturated carbocycles. The number of nitrogens with zero attached hydrogens (tertiary/aromatic N) is 5. The van der Waals surface area contributed by atoms with Gasteiger partial charge in [-0.3, -0.25) is 4.57 Å². The number of para-hydroxylation sites is 6. The van der Waals surface area contributed by atoms with E-state index in [2.05, 4.69) is 94.3 Å².